The maximum absolute atomic E-state index is 3.72. The first kappa shape index (κ1) is 14.6. The SMILES string of the molecule is CCNCc1ccc(N2CCCc3ccccc32)cc1Br. The number of nitrogens with one attached hydrogen (secondary N) is 1. The minimum Gasteiger partial charge on any atom is -0.341 e. The fraction of sp³-hybridized carbons (Fsp3) is 0.333. The van der Waals surface area contributed by atoms with Crippen LogP contribution in [0.5, 0.6) is 0 Å². The van der Waals surface area contributed by atoms with Crippen LogP contribution in [0, 0.1) is 0 Å². The first-order valence-electron chi connectivity index (χ1n) is 7.64. The van der Waals surface area contributed by atoms with E-state index in [1.165, 1.54) is 39.8 Å². The van der Waals surface area contributed by atoms with Gasteiger partial charge in [-0.3, -0.25) is 0 Å². The van der Waals surface area contributed by atoms with E-state index < -0.39 is 0 Å². The van der Waals surface area contributed by atoms with Crippen molar-refractivity contribution in [3.63, 3.8) is 0 Å². The van der Waals surface area contributed by atoms with Crippen LogP contribution in [0.1, 0.15) is 24.5 Å². The van der Waals surface area contributed by atoms with Crippen LogP contribution >= 0.6 is 15.9 Å². The van der Waals surface area contributed by atoms with Crippen molar-refractivity contribution in [2.45, 2.75) is 26.3 Å². The number of rotatable bonds is 4. The van der Waals surface area contributed by atoms with Gasteiger partial charge in [0.15, 0.2) is 0 Å². The molecule has 0 spiro atoms. The second-order valence-electron chi connectivity index (χ2n) is 5.44. The van der Waals surface area contributed by atoms with Crippen LogP contribution in [-0.4, -0.2) is 13.1 Å². The maximum atomic E-state index is 3.72. The van der Waals surface area contributed by atoms with E-state index in [4.69, 9.17) is 0 Å². The number of aryl methyl sites for hydroxylation is 1. The van der Waals surface area contributed by atoms with Gasteiger partial charge in [-0.2, -0.15) is 0 Å². The molecule has 1 N–H and O–H groups in total. The molecule has 0 aromatic heterocycles. The first-order chi connectivity index (χ1) is 10.3. The van der Waals surface area contributed by atoms with Crippen LogP contribution < -0.4 is 10.2 Å². The molecule has 3 rings (SSSR count). The van der Waals surface area contributed by atoms with Crippen molar-refractivity contribution >= 4 is 27.3 Å². The molecule has 0 atom stereocenters. The Kier molecular flexibility index (Phi) is 4.61. The quantitative estimate of drug-likeness (QED) is 0.868. The lowest BCUT2D eigenvalue weighted by Gasteiger charge is -2.31. The van der Waals surface area contributed by atoms with Crippen LogP contribution in [0.2, 0.25) is 0 Å². The molecule has 0 amide bonds. The first-order valence-corrected chi connectivity index (χ1v) is 8.43. The minimum absolute atomic E-state index is 0.911. The highest BCUT2D eigenvalue weighted by Gasteiger charge is 2.18. The summed E-state index contributed by atoms with van der Waals surface area (Å²) < 4.78 is 1.18. The number of para-hydroxylation sites is 1. The second kappa shape index (κ2) is 6.63. The molecule has 110 valence electrons. The molecule has 1 aliphatic rings. The molecule has 0 aliphatic carbocycles. The summed E-state index contributed by atoms with van der Waals surface area (Å²) in [5.74, 6) is 0. The van der Waals surface area contributed by atoms with Crippen molar-refractivity contribution in [3.8, 4) is 0 Å². The molecule has 1 aliphatic heterocycles. The molecule has 0 fully saturated rings. The lowest BCUT2D eigenvalue weighted by molar-refractivity contribution is 0.724. The smallest absolute Gasteiger partial charge is 0.0443 e. The highest BCUT2D eigenvalue weighted by Crippen LogP contribution is 2.35. The zero-order valence-electron chi connectivity index (χ0n) is 12.4. The van der Waals surface area contributed by atoms with Gasteiger partial charge in [-0.15, -0.1) is 0 Å². The molecule has 3 heteroatoms. The fourth-order valence-corrected chi connectivity index (χ4v) is 3.42. The molecule has 2 aromatic rings. The number of anilines is 2. The lowest BCUT2D eigenvalue weighted by atomic mass is 10.0. The van der Waals surface area contributed by atoms with Crippen LogP contribution in [0.3, 0.4) is 0 Å². The molecular weight excluding hydrogens is 324 g/mol. The molecule has 2 aromatic carbocycles. The Morgan fingerprint density at radius 1 is 1.19 bits per heavy atom. The summed E-state index contributed by atoms with van der Waals surface area (Å²) in [6, 6.07) is 15.4. The highest BCUT2D eigenvalue weighted by atomic mass is 79.9. The Morgan fingerprint density at radius 2 is 2.05 bits per heavy atom. The van der Waals surface area contributed by atoms with Gasteiger partial charge >= 0.3 is 0 Å². The van der Waals surface area contributed by atoms with Crippen molar-refractivity contribution in [2.75, 3.05) is 18.0 Å². The third-order valence-electron chi connectivity index (χ3n) is 4.02. The van der Waals surface area contributed by atoms with E-state index in [1.54, 1.807) is 0 Å². The van der Waals surface area contributed by atoms with Crippen molar-refractivity contribution < 1.29 is 0 Å². The van der Waals surface area contributed by atoms with Gasteiger partial charge < -0.3 is 10.2 Å². The van der Waals surface area contributed by atoms with Crippen molar-refractivity contribution in [1.82, 2.24) is 5.32 Å². The van der Waals surface area contributed by atoms with Crippen molar-refractivity contribution in [3.05, 3.63) is 58.1 Å². The average molecular weight is 345 g/mol. The molecule has 0 radical (unpaired) electrons. The largest absolute Gasteiger partial charge is 0.341 e. The third kappa shape index (κ3) is 3.14. The summed E-state index contributed by atoms with van der Waals surface area (Å²) in [6.07, 6.45) is 2.40. The number of hydrogen-bond donors (Lipinski definition) is 1. The number of hydrogen-bond acceptors (Lipinski definition) is 2. The number of benzene rings is 2. The van der Waals surface area contributed by atoms with Crippen LogP contribution in [0.25, 0.3) is 0 Å². The lowest BCUT2D eigenvalue weighted by Crippen LogP contribution is -2.24. The number of nitrogens with zero attached hydrogens (tertiary/aromatic N) is 1. The molecule has 0 saturated carbocycles. The standard InChI is InChI=1S/C18H21BrN2/c1-2-20-13-15-9-10-16(12-17(15)19)21-11-5-7-14-6-3-4-8-18(14)21/h3-4,6,8-10,12,20H,2,5,7,11,13H2,1H3. The van der Waals surface area contributed by atoms with Crippen LogP contribution in [-0.2, 0) is 13.0 Å². The summed E-state index contributed by atoms with van der Waals surface area (Å²) in [7, 11) is 0. The van der Waals surface area contributed by atoms with E-state index in [0.717, 1.165) is 19.6 Å². The number of halogens is 1. The normalized spacial score (nSPS) is 14.1. The monoisotopic (exact) mass is 344 g/mol. The Hall–Kier alpha value is -1.32. The second-order valence-corrected chi connectivity index (χ2v) is 6.29. The van der Waals surface area contributed by atoms with E-state index in [2.05, 4.69) is 75.5 Å². The molecule has 21 heavy (non-hydrogen) atoms. The van der Waals surface area contributed by atoms with Gasteiger partial charge in [-0.05, 0) is 48.7 Å². The van der Waals surface area contributed by atoms with Gasteiger partial charge in [0, 0.05) is 28.9 Å². The molecule has 2 nitrogen and oxygen atoms in total. The van der Waals surface area contributed by atoms with Crippen LogP contribution in [0.4, 0.5) is 11.4 Å². The number of fused-ring (bicyclic) bond motifs is 1. The topological polar surface area (TPSA) is 15.3 Å². The van der Waals surface area contributed by atoms with Crippen LogP contribution in [0.15, 0.2) is 46.9 Å². The highest BCUT2D eigenvalue weighted by molar-refractivity contribution is 9.10. The van der Waals surface area contributed by atoms with Crippen molar-refractivity contribution in [1.29, 1.82) is 0 Å². The zero-order valence-corrected chi connectivity index (χ0v) is 14.0. The van der Waals surface area contributed by atoms with E-state index in [0.29, 0.717) is 0 Å². The Morgan fingerprint density at radius 3 is 2.86 bits per heavy atom. The van der Waals surface area contributed by atoms with Crippen molar-refractivity contribution in [2.24, 2.45) is 0 Å². The van der Waals surface area contributed by atoms with Gasteiger partial charge in [0.25, 0.3) is 0 Å². The predicted octanol–water partition coefficient (Wildman–Crippen LogP) is 4.64. The van der Waals surface area contributed by atoms with E-state index in [-0.39, 0.29) is 0 Å². The summed E-state index contributed by atoms with van der Waals surface area (Å²) in [5, 5.41) is 3.38. The molecule has 0 saturated heterocycles. The van der Waals surface area contributed by atoms with Gasteiger partial charge in [-0.1, -0.05) is 47.1 Å². The molecule has 1 heterocycles. The summed E-state index contributed by atoms with van der Waals surface area (Å²) in [6.45, 7) is 5.13. The predicted molar refractivity (Wildman–Crippen MR) is 93.3 cm³/mol. The third-order valence-corrected chi connectivity index (χ3v) is 4.76. The summed E-state index contributed by atoms with van der Waals surface area (Å²) >= 11 is 3.72. The van der Waals surface area contributed by atoms with Gasteiger partial charge in [0.05, 0.1) is 0 Å². The molecule has 0 bridgehead atoms. The minimum atomic E-state index is 0.911. The Labute approximate surface area is 135 Å². The van der Waals surface area contributed by atoms with Gasteiger partial charge in [-0.25, -0.2) is 0 Å². The average Bonchev–Trinajstić information content (AvgIpc) is 2.53. The summed E-state index contributed by atoms with van der Waals surface area (Å²) in [5.41, 5.74) is 5.40. The van der Waals surface area contributed by atoms with Gasteiger partial charge in [0.2, 0.25) is 0 Å². The molecule has 0 unspecified atom stereocenters. The van der Waals surface area contributed by atoms with Gasteiger partial charge in [0.1, 0.15) is 0 Å². The Balaban J connectivity index is 1.90. The van der Waals surface area contributed by atoms with E-state index in [1.807, 2.05) is 0 Å². The summed E-state index contributed by atoms with van der Waals surface area (Å²) in [4.78, 5) is 2.43. The van der Waals surface area contributed by atoms with E-state index >= 15 is 0 Å². The Bertz CT molecular complexity index is 624. The maximum Gasteiger partial charge on any atom is 0.0443 e. The molecular formula is C18H21BrN2. The zero-order chi connectivity index (χ0) is 14.7. The van der Waals surface area contributed by atoms with E-state index in [9.17, 15) is 0 Å². The fourth-order valence-electron chi connectivity index (χ4n) is 2.91.